The number of anilines is 1. The van der Waals surface area contributed by atoms with E-state index in [0.717, 1.165) is 21.3 Å². The van der Waals surface area contributed by atoms with Gasteiger partial charge in [0.2, 0.25) is 0 Å². The second-order valence-electron chi connectivity index (χ2n) is 4.73. The number of amides is 1. The molecule has 0 radical (unpaired) electrons. The fourth-order valence-electron chi connectivity index (χ4n) is 1.89. The maximum absolute atomic E-state index is 11.3. The van der Waals surface area contributed by atoms with E-state index < -0.39 is 6.09 Å². The van der Waals surface area contributed by atoms with Crippen LogP contribution in [0.25, 0.3) is 0 Å². The van der Waals surface area contributed by atoms with Crippen LogP contribution in [-0.2, 0) is 16.2 Å². The van der Waals surface area contributed by atoms with Crippen molar-refractivity contribution >= 4 is 33.4 Å². The summed E-state index contributed by atoms with van der Waals surface area (Å²) in [6.07, 6.45) is -0.522. The van der Waals surface area contributed by atoms with Gasteiger partial charge in [0.15, 0.2) is 0 Å². The first-order valence-corrected chi connectivity index (χ1v) is 7.75. The fraction of sp³-hybridized carbons (Fsp3) is 0.176. The van der Waals surface area contributed by atoms with Crippen LogP contribution in [0.4, 0.5) is 10.5 Å². The number of ether oxygens (including phenoxy) is 1. The maximum Gasteiger partial charge on any atom is 0.411 e. The number of benzene rings is 2. The second-order valence-corrected chi connectivity index (χ2v) is 5.65. The summed E-state index contributed by atoms with van der Waals surface area (Å²) in [6, 6.07) is 15.1. The van der Waals surface area contributed by atoms with Gasteiger partial charge in [-0.25, -0.2) is 4.79 Å². The number of hydrogen-bond acceptors (Lipinski definition) is 4. The average Bonchev–Trinajstić information content (AvgIpc) is 2.56. The Kier molecular flexibility index (Phi) is 6.17. The van der Waals surface area contributed by atoms with E-state index in [2.05, 4.69) is 31.1 Å². The predicted molar refractivity (Wildman–Crippen MR) is 93.6 cm³/mol. The number of methoxy groups -OCH3 is 1. The SMILES string of the molecule is COC(=O)Nc1ccccc1CO/N=C(\C)c1cccc(Br)c1. The first-order valence-electron chi connectivity index (χ1n) is 6.95. The molecule has 0 aliphatic carbocycles. The Morgan fingerprint density at radius 1 is 1.22 bits per heavy atom. The van der Waals surface area contributed by atoms with E-state index in [1.165, 1.54) is 7.11 Å². The van der Waals surface area contributed by atoms with Crippen LogP contribution in [0.2, 0.25) is 0 Å². The van der Waals surface area contributed by atoms with Crippen LogP contribution in [0.15, 0.2) is 58.2 Å². The van der Waals surface area contributed by atoms with E-state index in [1.54, 1.807) is 6.07 Å². The highest BCUT2D eigenvalue weighted by Crippen LogP contribution is 2.17. The Morgan fingerprint density at radius 2 is 2.00 bits per heavy atom. The largest absolute Gasteiger partial charge is 0.453 e. The van der Waals surface area contributed by atoms with E-state index in [4.69, 9.17) is 4.84 Å². The van der Waals surface area contributed by atoms with Gasteiger partial charge in [-0.2, -0.15) is 0 Å². The molecule has 0 aromatic heterocycles. The van der Waals surface area contributed by atoms with Crippen LogP contribution in [0, 0.1) is 0 Å². The molecule has 0 fully saturated rings. The van der Waals surface area contributed by atoms with Crippen molar-refractivity contribution < 1.29 is 14.4 Å². The standard InChI is InChI=1S/C17H17BrN2O3/c1-12(13-7-5-8-15(18)10-13)20-23-11-14-6-3-4-9-16(14)19-17(21)22-2/h3-10H,11H2,1-2H3,(H,19,21)/b20-12+. The normalized spacial score (nSPS) is 11.0. The van der Waals surface area contributed by atoms with E-state index in [9.17, 15) is 4.79 Å². The molecule has 6 heteroatoms. The number of halogens is 1. The van der Waals surface area contributed by atoms with Crippen LogP contribution in [0.5, 0.6) is 0 Å². The smallest absolute Gasteiger partial charge is 0.411 e. The zero-order valence-electron chi connectivity index (χ0n) is 12.9. The Hall–Kier alpha value is -2.34. The highest BCUT2D eigenvalue weighted by Gasteiger charge is 2.06. The number of hydrogen-bond donors (Lipinski definition) is 1. The lowest BCUT2D eigenvalue weighted by Crippen LogP contribution is -2.12. The van der Waals surface area contributed by atoms with E-state index in [-0.39, 0.29) is 6.61 Å². The third-order valence-electron chi connectivity index (χ3n) is 3.10. The lowest BCUT2D eigenvalue weighted by molar-refractivity contribution is 0.131. The molecule has 0 aliphatic rings. The van der Waals surface area contributed by atoms with Crippen molar-refractivity contribution in [2.45, 2.75) is 13.5 Å². The molecular formula is C17H17BrN2O3. The summed E-state index contributed by atoms with van der Waals surface area (Å²) in [5.41, 5.74) is 3.18. The molecule has 0 saturated carbocycles. The van der Waals surface area contributed by atoms with Crippen molar-refractivity contribution in [3.63, 3.8) is 0 Å². The molecule has 1 amide bonds. The van der Waals surface area contributed by atoms with Crippen molar-refractivity contribution in [2.24, 2.45) is 5.16 Å². The van der Waals surface area contributed by atoms with Crippen LogP contribution in [0.3, 0.4) is 0 Å². The Bertz CT molecular complexity index is 716. The van der Waals surface area contributed by atoms with Crippen LogP contribution >= 0.6 is 15.9 Å². The molecule has 120 valence electrons. The summed E-state index contributed by atoms with van der Waals surface area (Å²) in [4.78, 5) is 16.7. The molecule has 0 atom stereocenters. The number of oxime groups is 1. The minimum atomic E-state index is -0.522. The fourth-order valence-corrected chi connectivity index (χ4v) is 2.29. The summed E-state index contributed by atoms with van der Waals surface area (Å²) >= 11 is 3.43. The molecule has 0 bridgehead atoms. The Labute approximate surface area is 143 Å². The first kappa shape index (κ1) is 17.0. The molecule has 23 heavy (non-hydrogen) atoms. The molecule has 0 spiro atoms. The first-order chi connectivity index (χ1) is 11.1. The number of carbonyl (C=O) groups is 1. The second kappa shape index (κ2) is 8.33. The summed E-state index contributed by atoms with van der Waals surface area (Å²) in [7, 11) is 1.32. The van der Waals surface area contributed by atoms with Crippen molar-refractivity contribution in [1.29, 1.82) is 0 Å². The van der Waals surface area contributed by atoms with Gasteiger partial charge in [0, 0.05) is 15.6 Å². The lowest BCUT2D eigenvalue weighted by Gasteiger charge is -2.09. The van der Waals surface area contributed by atoms with E-state index in [1.807, 2.05) is 49.4 Å². The van der Waals surface area contributed by atoms with E-state index in [0.29, 0.717) is 5.69 Å². The number of carbonyl (C=O) groups excluding carboxylic acids is 1. The summed E-state index contributed by atoms with van der Waals surface area (Å²) < 4.78 is 5.58. The van der Waals surface area contributed by atoms with Crippen LogP contribution < -0.4 is 5.32 Å². The average molecular weight is 377 g/mol. The van der Waals surface area contributed by atoms with Gasteiger partial charge in [0.05, 0.1) is 18.5 Å². The molecule has 5 nitrogen and oxygen atoms in total. The Balaban J connectivity index is 2.03. The Morgan fingerprint density at radius 3 is 2.74 bits per heavy atom. The minimum Gasteiger partial charge on any atom is -0.453 e. The van der Waals surface area contributed by atoms with Gasteiger partial charge in [-0.1, -0.05) is 51.4 Å². The molecule has 0 unspecified atom stereocenters. The quantitative estimate of drug-likeness (QED) is 0.614. The summed E-state index contributed by atoms with van der Waals surface area (Å²) in [5.74, 6) is 0. The third kappa shape index (κ3) is 5.10. The van der Waals surface area contributed by atoms with Crippen LogP contribution in [0.1, 0.15) is 18.1 Å². The van der Waals surface area contributed by atoms with E-state index >= 15 is 0 Å². The molecule has 2 aromatic rings. The van der Waals surface area contributed by atoms with Gasteiger partial charge in [-0.3, -0.25) is 5.32 Å². The molecule has 2 rings (SSSR count). The maximum atomic E-state index is 11.3. The molecule has 0 saturated heterocycles. The highest BCUT2D eigenvalue weighted by molar-refractivity contribution is 9.10. The predicted octanol–water partition coefficient (Wildman–Crippen LogP) is 4.57. The van der Waals surface area contributed by atoms with Gasteiger partial charge in [0.25, 0.3) is 0 Å². The highest BCUT2D eigenvalue weighted by atomic mass is 79.9. The van der Waals surface area contributed by atoms with Gasteiger partial charge in [0.1, 0.15) is 6.61 Å². The lowest BCUT2D eigenvalue weighted by atomic mass is 10.1. The van der Waals surface area contributed by atoms with Crippen LogP contribution in [-0.4, -0.2) is 18.9 Å². The summed E-state index contributed by atoms with van der Waals surface area (Å²) in [5, 5.41) is 6.76. The number of para-hydroxylation sites is 1. The summed E-state index contributed by atoms with van der Waals surface area (Å²) in [6.45, 7) is 2.12. The third-order valence-corrected chi connectivity index (χ3v) is 3.60. The molecule has 1 N–H and O–H groups in total. The van der Waals surface area contributed by atoms with Crippen molar-refractivity contribution in [3.8, 4) is 0 Å². The van der Waals surface area contributed by atoms with Gasteiger partial charge < -0.3 is 9.57 Å². The topological polar surface area (TPSA) is 59.9 Å². The number of rotatable bonds is 5. The van der Waals surface area contributed by atoms with Crippen molar-refractivity contribution in [1.82, 2.24) is 0 Å². The number of nitrogens with one attached hydrogen (secondary N) is 1. The zero-order chi connectivity index (χ0) is 16.7. The van der Waals surface area contributed by atoms with Gasteiger partial charge in [-0.15, -0.1) is 0 Å². The molecule has 0 aliphatic heterocycles. The van der Waals surface area contributed by atoms with Crippen molar-refractivity contribution in [2.75, 3.05) is 12.4 Å². The number of nitrogens with zero attached hydrogens (tertiary/aromatic N) is 1. The monoisotopic (exact) mass is 376 g/mol. The minimum absolute atomic E-state index is 0.242. The molecule has 2 aromatic carbocycles. The molecule has 0 heterocycles. The van der Waals surface area contributed by atoms with Gasteiger partial charge >= 0.3 is 6.09 Å². The van der Waals surface area contributed by atoms with Gasteiger partial charge in [-0.05, 0) is 25.1 Å². The zero-order valence-corrected chi connectivity index (χ0v) is 14.5. The molecular weight excluding hydrogens is 360 g/mol. The van der Waals surface area contributed by atoms with Crippen molar-refractivity contribution in [3.05, 3.63) is 64.1 Å².